The Morgan fingerprint density at radius 1 is 1.04 bits per heavy atom. The Morgan fingerprint density at radius 2 is 1.59 bits per heavy atom. The van der Waals surface area contributed by atoms with Crippen molar-refractivity contribution in [2.24, 2.45) is 0 Å². The highest BCUT2D eigenvalue weighted by Crippen LogP contribution is 2.34. The molecule has 0 saturated heterocycles. The van der Waals surface area contributed by atoms with Gasteiger partial charge in [-0.3, -0.25) is 0 Å². The van der Waals surface area contributed by atoms with E-state index in [1.54, 1.807) is 0 Å². The number of hydrogen-bond donors (Lipinski definition) is 1. The molecule has 2 aromatic carbocycles. The number of halogens is 3. The standard InChI is InChI=1S/C18H15F3O5S/c19-18(20,21)12-3-5-13(6-4-12)26-16(17(22)23)11-1-7-14(8-2-11)27(24,25)15-9-10-15/h1-8,15-16H,9-10H2,(H,22,23). The van der Waals surface area contributed by atoms with Crippen LogP contribution in [0, 0.1) is 0 Å². The van der Waals surface area contributed by atoms with Gasteiger partial charge in [-0.05, 0) is 49.2 Å². The largest absolute Gasteiger partial charge is 0.478 e. The Kier molecular flexibility index (Phi) is 4.90. The predicted molar refractivity (Wildman–Crippen MR) is 89.1 cm³/mol. The topological polar surface area (TPSA) is 80.7 Å². The van der Waals surface area contributed by atoms with Gasteiger partial charge >= 0.3 is 12.1 Å². The molecule has 0 bridgehead atoms. The average molecular weight is 400 g/mol. The van der Waals surface area contributed by atoms with Gasteiger partial charge in [0.15, 0.2) is 9.84 Å². The van der Waals surface area contributed by atoms with Crippen molar-refractivity contribution in [2.45, 2.75) is 35.3 Å². The van der Waals surface area contributed by atoms with Gasteiger partial charge in [-0.15, -0.1) is 0 Å². The first-order valence-corrected chi connectivity index (χ1v) is 9.54. The van der Waals surface area contributed by atoms with Crippen LogP contribution in [0.15, 0.2) is 53.4 Å². The number of alkyl halides is 3. The summed E-state index contributed by atoms with van der Waals surface area (Å²) in [5, 5.41) is 8.99. The van der Waals surface area contributed by atoms with E-state index in [4.69, 9.17) is 4.74 Å². The molecule has 1 saturated carbocycles. The summed E-state index contributed by atoms with van der Waals surface area (Å²) in [7, 11) is -3.40. The molecule has 1 aliphatic carbocycles. The maximum absolute atomic E-state index is 12.6. The Balaban J connectivity index is 1.80. The van der Waals surface area contributed by atoms with Crippen LogP contribution in [-0.2, 0) is 20.8 Å². The zero-order valence-electron chi connectivity index (χ0n) is 13.8. The molecule has 9 heteroatoms. The van der Waals surface area contributed by atoms with Crippen molar-refractivity contribution < 1.29 is 36.2 Å². The van der Waals surface area contributed by atoms with Gasteiger partial charge < -0.3 is 9.84 Å². The zero-order valence-corrected chi connectivity index (χ0v) is 14.6. The molecule has 5 nitrogen and oxygen atoms in total. The molecule has 144 valence electrons. The van der Waals surface area contributed by atoms with E-state index in [2.05, 4.69) is 0 Å². The van der Waals surface area contributed by atoms with Crippen molar-refractivity contribution in [3.8, 4) is 5.75 Å². The summed E-state index contributed by atoms with van der Waals surface area (Å²) >= 11 is 0. The molecule has 1 unspecified atom stereocenters. The molecule has 1 atom stereocenters. The highest BCUT2D eigenvalue weighted by atomic mass is 32.2. The Hall–Kier alpha value is -2.55. The second kappa shape index (κ2) is 6.88. The smallest absolute Gasteiger partial charge is 0.416 e. The van der Waals surface area contributed by atoms with Crippen LogP contribution >= 0.6 is 0 Å². The van der Waals surface area contributed by atoms with Crippen molar-refractivity contribution in [2.75, 3.05) is 0 Å². The lowest BCUT2D eigenvalue weighted by molar-refractivity contribution is -0.145. The van der Waals surface area contributed by atoms with Gasteiger partial charge in [-0.2, -0.15) is 13.2 Å². The van der Waals surface area contributed by atoms with E-state index in [-0.39, 0.29) is 21.5 Å². The van der Waals surface area contributed by atoms with Crippen LogP contribution in [0.5, 0.6) is 5.75 Å². The van der Waals surface area contributed by atoms with Gasteiger partial charge in [0.1, 0.15) is 5.75 Å². The number of carboxylic acid groups (broad SMARTS) is 1. The van der Waals surface area contributed by atoms with Crippen LogP contribution in [0.1, 0.15) is 30.1 Å². The summed E-state index contributed by atoms with van der Waals surface area (Å²) in [5.41, 5.74) is -0.700. The van der Waals surface area contributed by atoms with E-state index < -0.39 is 33.7 Å². The van der Waals surface area contributed by atoms with Crippen molar-refractivity contribution in [3.63, 3.8) is 0 Å². The molecule has 2 aromatic rings. The molecule has 0 aliphatic heterocycles. The lowest BCUT2D eigenvalue weighted by Gasteiger charge is -2.16. The quantitative estimate of drug-likeness (QED) is 0.797. The van der Waals surface area contributed by atoms with E-state index in [0.717, 1.165) is 24.3 Å². The normalized spacial score (nSPS) is 16.0. The van der Waals surface area contributed by atoms with Gasteiger partial charge in [0.2, 0.25) is 6.10 Å². The fraction of sp³-hybridized carbons (Fsp3) is 0.278. The van der Waals surface area contributed by atoms with Gasteiger partial charge in [-0.25, -0.2) is 13.2 Å². The van der Waals surface area contributed by atoms with Crippen molar-refractivity contribution in [3.05, 3.63) is 59.7 Å². The van der Waals surface area contributed by atoms with Crippen LogP contribution in [0.3, 0.4) is 0 Å². The zero-order chi connectivity index (χ0) is 19.8. The molecule has 0 heterocycles. The summed E-state index contributed by atoms with van der Waals surface area (Å²) < 4.78 is 67.4. The van der Waals surface area contributed by atoms with Crippen LogP contribution < -0.4 is 4.74 Å². The molecule has 0 aromatic heterocycles. The predicted octanol–water partition coefficient (Wildman–Crippen LogP) is 3.85. The molecule has 27 heavy (non-hydrogen) atoms. The van der Waals surface area contributed by atoms with E-state index >= 15 is 0 Å². The fourth-order valence-corrected chi connectivity index (χ4v) is 4.18. The van der Waals surface area contributed by atoms with Crippen molar-refractivity contribution >= 4 is 15.8 Å². The molecule has 0 radical (unpaired) electrons. The van der Waals surface area contributed by atoms with E-state index in [1.165, 1.54) is 24.3 Å². The third-order valence-electron chi connectivity index (χ3n) is 4.13. The monoisotopic (exact) mass is 400 g/mol. The number of aliphatic carboxylic acids is 1. The summed E-state index contributed by atoms with van der Waals surface area (Å²) in [5.74, 6) is -1.40. The molecule has 1 aliphatic rings. The molecule has 3 rings (SSSR count). The fourth-order valence-electron chi connectivity index (χ4n) is 2.52. The number of hydrogen-bond acceptors (Lipinski definition) is 4. The maximum atomic E-state index is 12.6. The summed E-state index contributed by atoms with van der Waals surface area (Å²) in [6.45, 7) is 0. The molecule has 0 amide bonds. The Labute approximate surface area is 153 Å². The minimum Gasteiger partial charge on any atom is -0.478 e. The molecular weight excluding hydrogens is 385 g/mol. The van der Waals surface area contributed by atoms with Crippen molar-refractivity contribution in [1.29, 1.82) is 0 Å². The molecule has 1 N–H and O–H groups in total. The Morgan fingerprint density at radius 3 is 2.04 bits per heavy atom. The van der Waals surface area contributed by atoms with Gasteiger partial charge in [0.25, 0.3) is 0 Å². The minimum atomic E-state index is -4.51. The summed E-state index contributed by atoms with van der Waals surface area (Å²) in [4.78, 5) is 11.6. The summed E-state index contributed by atoms with van der Waals surface area (Å²) in [6.07, 6.45) is -4.77. The average Bonchev–Trinajstić information content (AvgIpc) is 3.45. The third-order valence-corrected chi connectivity index (χ3v) is 6.41. The maximum Gasteiger partial charge on any atom is 0.416 e. The molecule has 0 spiro atoms. The molecular formula is C18H15F3O5S. The van der Waals surface area contributed by atoms with Crippen LogP contribution in [0.4, 0.5) is 13.2 Å². The first kappa shape index (κ1) is 19.2. The number of carbonyl (C=O) groups is 1. The lowest BCUT2D eigenvalue weighted by Crippen LogP contribution is -2.18. The van der Waals surface area contributed by atoms with Gasteiger partial charge in [-0.1, -0.05) is 12.1 Å². The molecule has 1 fully saturated rings. The highest BCUT2D eigenvalue weighted by molar-refractivity contribution is 7.92. The number of ether oxygens (including phenoxy) is 1. The number of carboxylic acids is 1. The van der Waals surface area contributed by atoms with Crippen LogP contribution in [0.2, 0.25) is 0 Å². The minimum absolute atomic E-state index is 0.0509. The second-order valence-electron chi connectivity index (χ2n) is 6.17. The van der Waals surface area contributed by atoms with Crippen LogP contribution in [0.25, 0.3) is 0 Å². The number of rotatable bonds is 6. The van der Waals surface area contributed by atoms with Gasteiger partial charge in [0, 0.05) is 5.56 Å². The SMILES string of the molecule is O=C(O)C(Oc1ccc(C(F)(F)F)cc1)c1ccc(S(=O)(=O)C2CC2)cc1. The van der Waals surface area contributed by atoms with Gasteiger partial charge in [0.05, 0.1) is 15.7 Å². The lowest BCUT2D eigenvalue weighted by atomic mass is 10.1. The van der Waals surface area contributed by atoms with E-state index in [9.17, 15) is 31.5 Å². The third kappa shape index (κ3) is 4.24. The van der Waals surface area contributed by atoms with E-state index in [0.29, 0.717) is 12.8 Å². The number of sulfone groups is 1. The van der Waals surface area contributed by atoms with Crippen molar-refractivity contribution in [1.82, 2.24) is 0 Å². The van der Waals surface area contributed by atoms with E-state index in [1.807, 2.05) is 0 Å². The Bertz CT molecular complexity index is 930. The first-order valence-electron chi connectivity index (χ1n) is 7.99. The second-order valence-corrected chi connectivity index (χ2v) is 8.40. The number of benzene rings is 2. The highest BCUT2D eigenvalue weighted by Gasteiger charge is 2.37. The van der Waals surface area contributed by atoms with Crippen LogP contribution in [-0.4, -0.2) is 24.7 Å². The first-order chi connectivity index (χ1) is 12.6. The summed E-state index contributed by atoms with van der Waals surface area (Å²) in [6, 6.07) is 8.94.